The SMILES string of the molecule is CC(C)(C)c1ccc(C2/C(=C(\O)c3ccncc3)C(=O)C(=O)N2Cc2ccc3c(c2)OCO3)cc1. The van der Waals surface area contributed by atoms with Crippen LogP contribution in [0, 0.1) is 0 Å². The third-order valence-electron chi connectivity index (χ3n) is 6.38. The standard InChI is InChI=1S/C28H26N2O5/c1-28(2,3)20-7-5-18(6-8-20)24-23(25(31)19-10-12-29-13-11-19)26(32)27(33)30(24)15-17-4-9-21-22(14-17)35-16-34-21/h4-14,24,31H,15-16H2,1-3H3/b25-23+. The smallest absolute Gasteiger partial charge is 0.295 e. The third-order valence-corrected chi connectivity index (χ3v) is 6.38. The molecule has 1 saturated heterocycles. The van der Waals surface area contributed by atoms with Crippen LogP contribution < -0.4 is 9.47 Å². The summed E-state index contributed by atoms with van der Waals surface area (Å²) in [5.74, 6) is -0.360. The topological polar surface area (TPSA) is 89.0 Å². The van der Waals surface area contributed by atoms with E-state index in [0.717, 1.165) is 16.7 Å². The second-order valence-electron chi connectivity index (χ2n) is 9.72. The number of rotatable bonds is 4. The van der Waals surface area contributed by atoms with Crippen molar-refractivity contribution in [2.45, 2.75) is 38.8 Å². The predicted molar refractivity (Wildman–Crippen MR) is 130 cm³/mol. The Kier molecular flexibility index (Phi) is 5.55. The van der Waals surface area contributed by atoms with Crippen LogP contribution in [0.3, 0.4) is 0 Å². The molecular formula is C28H26N2O5. The van der Waals surface area contributed by atoms with Gasteiger partial charge in [0.2, 0.25) is 6.79 Å². The molecule has 1 fully saturated rings. The van der Waals surface area contributed by atoms with Crippen molar-refractivity contribution in [3.05, 3.63) is 94.8 Å². The number of carbonyl (C=O) groups excluding carboxylic acids is 2. The van der Waals surface area contributed by atoms with E-state index in [1.54, 1.807) is 18.2 Å². The normalized spacial score (nSPS) is 18.8. The summed E-state index contributed by atoms with van der Waals surface area (Å²) in [6.07, 6.45) is 3.07. The van der Waals surface area contributed by atoms with Gasteiger partial charge in [-0.15, -0.1) is 0 Å². The van der Waals surface area contributed by atoms with E-state index in [2.05, 4.69) is 25.8 Å². The molecule has 1 N–H and O–H groups in total. The lowest BCUT2D eigenvalue weighted by Gasteiger charge is -2.26. The molecule has 1 aromatic heterocycles. The Morgan fingerprint density at radius 2 is 1.69 bits per heavy atom. The zero-order chi connectivity index (χ0) is 24.7. The number of pyridine rings is 1. The maximum absolute atomic E-state index is 13.3. The fraction of sp³-hybridized carbons (Fsp3) is 0.250. The zero-order valence-electron chi connectivity index (χ0n) is 19.8. The first-order valence-corrected chi connectivity index (χ1v) is 11.4. The number of ketones is 1. The van der Waals surface area contributed by atoms with Crippen molar-refractivity contribution in [2.24, 2.45) is 0 Å². The molecule has 3 heterocycles. The summed E-state index contributed by atoms with van der Waals surface area (Å²) < 4.78 is 10.9. The van der Waals surface area contributed by atoms with E-state index in [1.165, 1.54) is 17.3 Å². The van der Waals surface area contributed by atoms with Crippen molar-refractivity contribution in [3.63, 3.8) is 0 Å². The highest BCUT2D eigenvalue weighted by molar-refractivity contribution is 6.46. The van der Waals surface area contributed by atoms with Gasteiger partial charge < -0.3 is 19.5 Å². The van der Waals surface area contributed by atoms with Gasteiger partial charge in [-0.2, -0.15) is 0 Å². The van der Waals surface area contributed by atoms with Gasteiger partial charge in [0.15, 0.2) is 11.5 Å². The summed E-state index contributed by atoms with van der Waals surface area (Å²) in [7, 11) is 0. The molecule has 35 heavy (non-hydrogen) atoms. The van der Waals surface area contributed by atoms with Crippen molar-refractivity contribution >= 4 is 17.4 Å². The first-order chi connectivity index (χ1) is 16.7. The number of hydrogen-bond acceptors (Lipinski definition) is 6. The van der Waals surface area contributed by atoms with Gasteiger partial charge in [-0.05, 0) is 46.4 Å². The monoisotopic (exact) mass is 470 g/mol. The van der Waals surface area contributed by atoms with Gasteiger partial charge in [0.1, 0.15) is 5.76 Å². The van der Waals surface area contributed by atoms with Crippen LogP contribution in [0.4, 0.5) is 0 Å². The number of likely N-dealkylation sites (tertiary alicyclic amines) is 1. The summed E-state index contributed by atoms with van der Waals surface area (Å²) in [6, 6.07) is 15.8. The molecule has 2 aliphatic heterocycles. The number of amides is 1. The molecule has 0 radical (unpaired) electrons. The summed E-state index contributed by atoms with van der Waals surface area (Å²) in [6.45, 7) is 6.68. The van der Waals surface area contributed by atoms with Crippen molar-refractivity contribution in [2.75, 3.05) is 6.79 Å². The van der Waals surface area contributed by atoms with Crippen LogP contribution >= 0.6 is 0 Å². The molecule has 1 atom stereocenters. The van der Waals surface area contributed by atoms with E-state index in [9.17, 15) is 14.7 Å². The van der Waals surface area contributed by atoms with Crippen LogP contribution in [0.15, 0.2) is 72.6 Å². The van der Waals surface area contributed by atoms with E-state index in [4.69, 9.17) is 9.47 Å². The summed E-state index contributed by atoms with van der Waals surface area (Å²) in [5.41, 5.74) is 3.10. The Morgan fingerprint density at radius 3 is 2.37 bits per heavy atom. The number of fused-ring (bicyclic) bond motifs is 1. The van der Waals surface area contributed by atoms with Gasteiger partial charge in [-0.3, -0.25) is 14.6 Å². The van der Waals surface area contributed by atoms with Gasteiger partial charge >= 0.3 is 0 Å². The number of ether oxygens (including phenoxy) is 2. The molecule has 1 unspecified atom stereocenters. The molecule has 178 valence electrons. The molecule has 0 bridgehead atoms. The average Bonchev–Trinajstić information content (AvgIpc) is 3.42. The molecule has 0 spiro atoms. The van der Waals surface area contributed by atoms with Gasteiger partial charge in [0.05, 0.1) is 11.6 Å². The Bertz CT molecular complexity index is 1320. The Morgan fingerprint density at radius 1 is 1.00 bits per heavy atom. The van der Waals surface area contributed by atoms with Gasteiger partial charge in [0, 0.05) is 24.5 Å². The quantitative estimate of drug-likeness (QED) is 0.337. The molecule has 7 nitrogen and oxygen atoms in total. The van der Waals surface area contributed by atoms with Crippen LogP contribution in [0.25, 0.3) is 5.76 Å². The highest BCUT2D eigenvalue weighted by Crippen LogP contribution is 2.41. The van der Waals surface area contributed by atoms with E-state index >= 15 is 0 Å². The van der Waals surface area contributed by atoms with Gasteiger partial charge in [0.25, 0.3) is 11.7 Å². The van der Waals surface area contributed by atoms with Crippen LogP contribution in [-0.2, 0) is 21.5 Å². The van der Waals surface area contributed by atoms with E-state index in [-0.39, 0.29) is 30.1 Å². The molecule has 0 aliphatic carbocycles. The number of nitrogens with zero attached hydrogens (tertiary/aromatic N) is 2. The number of aromatic nitrogens is 1. The number of aliphatic hydroxyl groups excluding tert-OH is 1. The minimum absolute atomic E-state index is 0.0517. The lowest BCUT2D eigenvalue weighted by molar-refractivity contribution is -0.140. The lowest BCUT2D eigenvalue weighted by Crippen LogP contribution is -2.29. The van der Waals surface area contributed by atoms with Crippen LogP contribution in [0.5, 0.6) is 11.5 Å². The fourth-order valence-corrected chi connectivity index (χ4v) is 4.46. The average molecular weight is 471 g/mol. The van der Waals surface area contributed by atoms with Crippen molar-refractivity contribution in [1.29, 1.82) is 0 Å². The first kappa shape index (κ1) is 22.7. The van der Waals surface area contributed by atoms with E-state index < -0.39 is 17.7 Å². The molecule has 0 saturated carbocycles. The van der Waals surface area contributed by atoms with Crippen LogP contribution in [0.2, 0.25) is 0 Å². The van der Waals surface area contributed by atoms with Crippen LogP contribution in [0.1, 0.15) is 49.1 Å². The maximum atomic E-state index is 13.3. The second-order valence-corrected chi connectivity index (χ2v) is 9.72. The number of aliphatic hydroxyl groups is 1. The molecule has 1 amide bonds. The number of benzene rings is 2. The summed E-state index contributed by atoms with van der Waals surface area (Å²) in [4.78, 5) is 32.0. The van der Waals surface area contributed by atoms with E-state index in [0.29, 0.717) is 17.1 Å². The van der Waals surface area contributed by atoms with Gasteiger partial charge in [-0.1, -0.05) is 51.1 Å². The highest BCUT2D eigenvalue weighted by atomic mass is 16.7. The Hall–Kier alpha value is -4.13. The second kappa shape index (κ2) is 8.58. The molecule has 2 aliphatic rings. The Labute approximate surface area is 203 Å². The van der Waals surface area contributed by atoms with Crippen molar-refractivity contribution in [3.8, 4) is 11.5 Å². The Balaban J connectivity index is 1.60. The number of Topliss-reactive ketones (excluding diaryl/α,β-unsaturated/α-hetero) is 1. The maximum Gasteiger partial charge on any atom is 0.295 e. The number of carbonyl (C=O) groups is 2. The van der Waals surface area contributed by atoms with E-state index in [1.807, 2.05) is 36.4 Å². The summed E-state index contributed by atoms with van der Waals surface area (Å²) >= 11 is 0. The largest absolute Gasteiger partial charge is 0.507 e. The lowest BCUT2D eigenvalue weighted by atomic mass is 9.85. The highest BCUT2D eigenvalue weighted by Gasteiger charge is 2.46. The molecular weight excluding hydrogens is 444 g/mol. The first-order valence-electron chi connectivity index (χ1n) is 11.4. The van der Waals surface area contributed by atoms with Crippen molar-refractivity contribution in [1.82, 2.24) is 9.88 Å². The molecule has 3 aromatic rings. The molecule has 5 rings (SSSR count). The third kappa shape index (κ3) is 4.14. The van der Waals surface area contributed by atoms with Gasteiger partial charge in [-0.25, -0.2) is 0 Å². The number of hydrogen-bond donors (Lipinski definition) is 1. The predicted octanol–water partition coefficient (Wildman–Crippen LogP) is 4.73. The molecule has 2 aromatic carbocycles. The minimum atomic E-state index is -0.748. The van der Waals surface area contributed by atoms with Crippen LogP contribution in [-0.4, -0.2) is 33.5 Å². The fourth-order valence-electron chi connectivity index (χ4n) is 4.46. The van der Waals surface area contributed by atoms with Crippen molar-refractivity contribution < 1.29 is 24.2 Å². The minimum Gasteiger partial charge on any atom is -0.507 e. The molecule has 7 heteroatoms. The zero-order valence-corrected chi connectivity index (χ0v) is 19.8. The summed E-state index contributed by atoms with van der Waals surface area (Å²) in [5, 5.41) is 11.2.